The number of nitriles is 1. The zero-order valence-corrected chi connectivity index (χ0v) is 15.6. The third-order valence-electron chi connectivity index (χ3n) is 3.81. The summed E-state index contributed by atoms with van der Waals surface area (Å²) in [4.78, 5) is 22.0. The maximum Gasteiger partial charge on any atom is 0.293 e. The lowest BCUT2D eigenvalue weighted by atomic mass is 10.1. The molecule has 152 valence electrons. The summed E-state index contributed by atoms with van der Waals surface area (Å²) in [5.74, 6) is -1.22. The van der Waals surface area contributed by atoms with Crippen LogP contribution in [0.15, 0.2) is 47.4 Å². The SMILES string of the molecule is N#CC(NC(=O)CCNc1ccc(S(N)(=O)=O)cc1[N+](=O)[O-])c1ccccc1F. The number of nitrogens with zero attached hydrogens (tertiary/aromatic N) is 2. The van der Waals surface area contributed by atoms with Crippen LogP contribution in [0.2, 0.25) is 0 Å². The first-order valence-electron chi connectivity index (χ1n) is 8.12. The summed E-state index contributed by atoms with van der Waals surface area (Å²) in [6.45, 7) is -0.0587. The smallest absolute Gasteiger partial charge is 0.293 e. The molecule has 12 heteroatoms. The van der Waals surface area contributed by atoms with Gasteiger partial charge >= 0.3 is 0 Å². The quantitative estimate of drug-likeness (QED) is 0.429. The van der Waals surface area contributed by atoms with Crippen LogP contribution in [0.3, 0.4) is 0 Å². The molecule has 0 aliphatic rings. The van der Waals surface area contributed by atoms with Gasteiger partial charge in [0.25, 0.3) is 5.69 Å². The summed E-state index contributed by atoms with van der Waals surface area (Å²) < 4.78 is 36.4. The van der Waals surface area contributed by atoms with E-state index in [1.165, 1.54) is 18.2 Å². The minimum Gasteiger partial charge on any atom is -0.379 e. The van der Waals surface area contributed by atoms with Crippen molar-refractivity contribution in [3.63, 3.8) is 0 Å². The number of halogens is 1. The Labute approximate surface area is 165 Å². The number of primary sulfonamides is 1. The molecule has 0 saturated heterocycles. The molecule has 0 heterocycles. The number of amides is 1. The number of rotatable bonds is 8. The van der Waals surface area contributed by atoms with E-state index >= 15 is 0 Å². The number of carbonyl (C=O) groups excluding carboxylic acids is 1. The third kappa shape index (κ3) is 5.71. The average molecular weight is 421 g/mol. The summed E-state index contributed by atoms with van der Waals surface area (Å²) >= 11 is 0. The van der Waals surface area contributed by atoms with Gasteiger partial charge in [0, 0.05) is 24.6 Å². The zero-order chi connectivity index (χ0) is 21.6. The summed E-state index contributed by atoms with van der Waals surface area (Å²) in [6, 6.07) is 9.18. The van der Waals surface area contributed by atoms with Crippen LogP contribution in [0.1, 0.15) is 18.0 Å². The van der Waals surface area contributed by atoms with E-state index in [0.717, 1.165) is 24.3 Å². The van der Waals surface area contributed by atoms with Crippen LogP contribution >= 0.6 is 0 Å². The third-order valence-corrected chi connectivity index (χ3v) is 4.72. The summed E-state index contributed by atoms with van der Waals surface area (Å²) in [6.07, 6.45) is -0.180. The molecule has 4 N–H and O–H groups in total. The fourth-order valence-electron chi connectivity index (χ4n) is 2.42. The number of benzene rings is 2. The second-order valence-electron chi connectivity index (χ2n) is 5.81. The molecule has 2 aromatic rings. The van der Waals surface area contributed by atoms with Crippen LogP contribution in [0.4, 0.5) is 15.8 Å². The normalized spacial score (nSPS) is 11.9. The van der Waals surface area contributed by atoms with E-state index in [4.69, 9.17) is 10.4 Å². The fraction of sp³-hybridized carbons (Fsp3) is 0.176. The molecule has 0 aliphatic heterocycles. The first kappa shape index (κ1) is 21.7. The maximum atomic E-state index is 13.8. The van der Waals surface area contributed by atoms with Gasteiger partial charge in [-0.1, -0.05) is 18.2 Å². The van der Waals surface area contributed by atoms with Gasteiger partial charge in [-0.15, -0.1) is 0 Å². The van der Waals surface area contributed by atoms with Crippen LogP contribution in [0.5, 0.6) is 0 Å². The molecule has 0 saturated carbocycles. The zero-order valence-electron chi connectivity index (χ0n) is 14.8. The molecule has 0 aliphatic carbocycles. The number of nitro groups is 1. The second kappa shape index (κ2) is 9.09. The van der Waals surface area contributed by atoms with Gasteiger partial charge in [-0.2, -0.15) is 5.26 Å². The highest BCUT2D eigenvalue weighted by Crippen LogP contribution is 2.27. The maximum absolute atomic E-state index is 13.8. The molecule has 0 bridgehead atoms. The van der Waals surface area contributed by atoms with E-state index in [2.05, 4.69) is 10.6 Å². The van der Waals surface area contributed by atoms with Crippen molar-refractivity contribution in [3.05, 3.63) is 64.0 Å². The molecule has 0 fully saturated rings. The molecule has 0 radical (unpaired) electrons. The van der Waals surface area contributed by atoms with Crippen molar-refractivity contribution in [2.24, 2.45) is 5.14 Å². The lowest BCUT2D eigenvalue weighted by molar-refractivity contribution is -0.384. The van der Waals surface area contributed by atoms with Crippen molar-refractivity contribution in [1.29, 1.82) is 5.26 Å². The molecule has 0 aromatic heterocycles. The Hall–Kier alpha value is -3.56. The highest BCUT2D eigenvalue weighted by atomic mass is 32.2. The van der Waals surface area contributed by atoms with Crippen molar-refractivity contribution in [2.75, 3.05) is 11.9 Å². The van der Waals surface area contributed by atoms with E-state index in [1.54, 1.807) is 6.07 Å². The van der Waals surface area contributed by atoms with Crippen molar-refractivity contribution in [2.45, 2.75) is 17.4 Å². The Morgan fingerprint density at radius 3 is 2.59 bits per heavy atom. The number of carbonyl (C=O) groups is 1. The Balaban J connectivity index is 2.02. The second-order valence-corrected chi connectivity index (χ2v) is 7.37. The molecule has 10 nitrogen and oxygen atoms in total. The molecular weight excluding hydrogens is 405 g/mol. The van der Waals surface area contributed by atoms with Gasteiger partial charge in [-0.25, -0.2) is 17.9 Å². The fourth-order valence-corrected chi connectivity index (χ4v) is 2.96. The number of nitro benzene ring substituents is 1. The Bertz CT molecular complexity index is 1080. The Kier molecular flexibility index (Phi) is 6.81. The predicted molar refractivity (Wildman–Crippen MR) is 100 cm³/mol. The first-order chi connectivity index (χ1) is 13.6. The van der Waals surface area contributed by atoms with E-state index in [0.29, 0.717) is 0 Å². The molecule has 1 unspecified atom stereocenters. The first-order valence-corrected chi connectivity index (χ1v) is 9.66. The van der Waals surface area contributed by atoms with Crippen molar-refractivity contribution < 1.29 is 22.5 Å². The summed E-state index contributed by atoms with van der Waals surface area (Å²) in [5, 5.41) is 30.3. The molecule has 2 aromatic carbocycles. The Morgan fingerprint density at radius 2 is 2.00 bits per heavy atom. The number of hydrogen-bond acceptors (Lipinski definition) is 7. The van der Waals surface area contributed by atoms with E-state index in [-0.39, 0.29) is 24.2 Å². The number of anilines is 1. The molecule has 1 amide bonds. The number of sulfonamides is 1. The van der Waals surface area contributed by atoms with Crippen LogP contribution in [-0.4, -0.2) is 25.8 Å². The lowest BCUT2D eigenvalue weighted by Gasteiger charge is -2.13. The topological polar surface area (TPSA) is 168 Å². The highest BCUT2D eigenvalue weighted by molar-refractivity contribution is 7.89. The van der Waals surface area contributed by atoms with Crippen LogP contribution in [0, 0.1) is 27.3 Å². The number of nitrogens with one attached hydrogen (secondary N) is 2. The molecule has 1 atom stereocenters. The monoisotopic (exact) mass is 421 g/mol. The van der Waals surface area contributed by atoms with E-state index in [9.17, 15) is 27.7 Å². The van der Waals surface area contributed by atoms with Gasteiger partial charge < -0.3 is 10.6 Å². The molecular formula is C17H16FN5O5S. The van der Waals surface area contributed by atoms with Crippen LogP contribution in [-0.2, 0) is 14.8 Å². The van der Waals surface area contributed by atoms with Gasteiger partial charge in [0.2, 0.25) is 15.9 Å². The van der Waals surface area contributed by atoms with Gasteiger partial charge in [0.05, 0.1) is 15.9 Å². The molecule has 0 spiro atoms. The number of nitrogens with two attached hydrogens (primary N) is 1. The predicted octanol–water partition coefficient (Wildman–Crippen LogP) is 1.56. The summed E-state index contributed by atoms with van der Waals surface area (Å²) in [5.41, 5.74) is -0.523. The van der Waals surface area contributed by atoms with Crippen molar-refractivity contribution in [3.8, 4) is 6.07 Å². The van der Waals surface area contributed by atoms with Gasteiger partial charge in [0.15, 0.2) is 0 Å². The van der Waals surface area contributed by atoms with Crippen LogP contribution < -0.4 is 15.8 Å². The van der Waals surface area contributed by atoms with Gasteiger partial charge in [0.1, 0.15) is 17.5 Å². The van der Waals surface area contributed by atoms with Crippen molar-refractivity contribution in [1.82, 2.24) is 5.32 Å². The minimum atomic E-state index is -4.11. The van der Waals surface area contributed by atoms with E-state index in [1.807, 2.05) is 0 Å². The van der Waals surface area contributed by atoms with Crippen LogP contribution in [0.25, 0.3) is 0 Å². The van der Waals surface area contributed by atoms with Gasteiger partial charge in [-0.3, -0.25) is 14.9 Å². The highest BCUT2D eigenvalue weighted by Gasteiger charge is 2.20. The standard InChI is InChI=1S/C17H16FN5O5S/c18-13-4-2-1-3-12(13)15(10-19)22-17(24)7-8-21-14-6-5-11(29(20,27)28)9-16(14)23(25)26/h1-6,9,15,21H,7-8H2,(H,22,24)(H2,20,27,28). The minimum absolute atomic E-state index is 0.0128. The number of hydrogen-bond donors (Lipinski definition) is 3. The van der Waals surface area contributed by atoms with E-state index < -0.39 is 43.3 Å². The molecule has 29 heavy (non-hydrogen) atoms. The lowest BCUT2D eigenvalue weighted by Crippen LogP contribution is -2.29. The largest absolute Gasteiger partial charge is 0.379 e. The van der Waals surface area contributed by atoms with Gasteiger partial charge in [-0.05, 0) is 18.2 Å². The average Bonchev–Trinajstić information content (AvgIpc) is 2.66. The molecule has 2 rings (SSSR count). The Morgan fingerprint density at radius 1 is 1.31 bits per heavy atom. The van der Waals surface area contributed by atoms with Crippen molar-refractivity contribution >= 4 is 27.3 Å². The summed E-state index contributed by atoms with van der Waals surface area (Å²) in [7, 11) is -4.11.